The minimum atomic E-state index is -0.365. The summed E-state index contributed by atoms with van der Waals surface area (Å²) in [5.74, 6) is 0.208. The molecule has 0 saturated carbocycles. The molecule has 1 aliphatic rings. The first-order valence-corrected chi connectivity index (χ1v) is 8.10. The number of hydrogen-bond donors (Lipinski definition) is 1. The number of methoxy groups -OCH3 is 1. The molecule has 1 aliphatic heterocycles. The maximum atomic E-state index is 12.7. The third-order valence-corrected chi connectivity index (χ3v) is 4.43. The topological polar surface area (TPSA) is 41.6 Å². The van der Waals surface area contributed by atoms with Gasteiger partial charge in [0.05, 0.1) is 18.2 Å². The van der Waals surface area contributed by atoms with Crippen molar-refractivity contribution < 1.29 is 9.53 Å². The van der Waals surface area contributed by atoms with Crippen LogP contribution in [0.5, 0.6) is 0 Å². The highest BCUT2D eigenvalue weighted by Crippen LogP contribution is 2.25. The van der Waals surface area contributed by atoms with Crippen LogP contribution in [0.3, 0.4) is 0 Å². The summed E-state index contributed by atoms with van der Waals surface area (Å²) in [5.41, 5.74) is 0.780. The zero-order valence-corrected chi connectivity index (χ0v) is 14.1. The van der Waals surface area contributed by atoms with Crippen molar-refractivity contribution in [2.75, 3.05) is 20.3 Å². The van der Waals surface area contributed by atoms with E-state index in [-0.39, 0.29) is 23.5 Å². The summed E-state index contributed by atoms with van der Waals surface area (Å²) in [6.45, 7) is 7.65. The number of nitrogens with one attached hydrogen (secondary N) is 1. The van der Waals surface area contributed by atoms with E-state index in [4.69, 9.17) is 4.74 Å². The number of piperidine rings is 1. The number of carbonyl (C=O) groups is 1. The van der Waals surface area contributed by atoms with Crippen molar-refractivity contribution in [3.63, 3.8) is 0 Å². The standard InChI is InChI=1S/C18H28N2O2/c1-14(2)20-12-8-11-16(17(20)21)19-18(3,13-22-4)15-9-6-5-7-10-15/h5-7,9-10,14,16,19H,8,11-13H2,1-4H3. The summed E-state index contributed by atoms with van der Waals surface area (Å²) in [7, 11) is 1.70. The Labute approximate surface area is 133 Å². The third kappa shape index (κ3) is 3.68. The minimum Gasteiger partial charge on any atom is -0.382 e. The van der Waals surface area contributed by atoms with E-state index < -0.39 is 0 Å². The van der Waals surface area contributed by atoms with Crippen LogP contribution in [-0.4, -0.2) is 43.2 Å². The van der Waals surface area contributed by atoms with E-state index >= 15 is 0 Å². The van der Waals surface area contributed by atoms with Crippen LogP contribution >= 0.6 is 0 Å². The number of hydrogen-bond acceptors (Lipinski definition) is 3. The predicted octanol–water partition coefficient (Wildman–Crippen LogP) is 2.54. The molecular weight excluding hydrogens is 276 g/mol. The highest BCUT2D eigenvalue weighted by molar-refractivity contribution is 5.83. The molecule has 2 unspecified atom stereocenters. The molecule has 0 aromatic heterocycles. The molecule has 1 aromatic rings. The van der Waals surface area contributed by atoms with Crippen molar-refractivity contribution >= 4 is 5.91 Å². The van der Waals surface area contributed by atoms with E-state index in [0.29, 0.717) is 6.61 Å². The van der Waals surface area contributed by atoms with Gasteiger partial charge in [-0.3, -0.25) is 10.1 Å². The molecular formula is C18H28N2O2. The lowest BCUT2D eigenvalue weighted by molar-refractivity contribution is -0.138. The quantitative estimate of drug-likeness (QED) is 0.878. The van der Waals surface area contributed by atoms with Gasteiger partial charge in [0.1, 0.15) is 0 Å². The molecule has 1 saturated heterocycles. The molecule has 2 rings (SSSR count). The normalized spacial score (nSPS) is 22.0. The van der Waals surface area contributed by atoms with E-state index in [1.807, 2.05) is 23.1 Å². The van der Waals surface area contributed by atoms with Crippen molar-refractivity contribution in [3.05, 3.63) is 35.9 Å². The second kappa shape index (κ2) is 7.25. The van der Waals surface area contributed by atoms with E-state index in [9.17, 15) is 4.79 Å². The molecule has 0 spiro atoms. The molecule has 1 aromatic carbocycles. The predicted molar refractivity (Wildman–Crippen MR) is 88.7 cm³/mol. The summed E-state index contributed by atoms with van der Waals surface area (Å²) in [4.78, 5) is 14.7. The fraction of sp³-hybridized carbons (Fsp3) is 0.611. The number of likely N-dealkylation sites (tertiary alicyclic amines) is 1. The first-order valence-electron chi connectivity index (χ1n) is 8.10. The van der Waals surface area contributed by atoms with Gasteiger partial charge >= 0.3 is 0 Å². The van der Waals surface area contributed by atoms with Crippen LogP contribution in [0.1, 0.15) is 39.2 Å². The van der Waals surface area contributed by atoms with Gasteiger partial charge in [-0.1, -0.05) is 30.3 Å². The zero-order valence-electron chi connectivity index (χ0n) is 14.1. The Morgan fingerprint density at radius 3 is 2.64 bits per heavy atom. The van der Waals surface area contributed by atoms with Gasteiger partial charge < -0.3 is 9.64 Å². The second-order valence-electron chi connectivity index (χ2n) is 6.60. The highest BCUT2D eigenvalue weighted by atomic mass is 16.5. The lowest BCUT2D eigenvalue weighted by Crippen LogP contribution is -2.58. The Morgan fingerprint density at radius 2 is 2.05 bits per heavy atom. The number of nitrogens with zero attached hydrogens (tertiary/aromatic N) is 1. The van der Waals surface area contributed by atoms with Crippen molar-refractivity contribution in [3.8, 4) is 0 Å². The van der Waals surface area contributed by atoms with Gasteiger partial charge in [0.25, 0.3) is 0 Å². The third-order valence-electron chi connectivity index (χ3n) is 4.43. The molecule has 2 atom stereocenters. The molecule has 1 N–H and O–H groups in total. The smallest absolute Gasteiger partial charge is 0.239 e. The molecule has 0 aliphatic carbocycles. The van der Waals surface area contributed by atoms with Crippen molar-refractivity contribution in [1.82, 2.24) is 10.2 Å². The number of rotatable bonds is 6. The summed E-state index contributed by atoms with van der Waals surface area (Å²) in [6.07, 6.45) is 1.92. The van der Waals surface area contributed by atoms with E-state index in [1.54, 1.807) is 7.11 Å². The Morgan fingerprint density at radius 1 is 1.36 bits per heavy atom. The molecule has 0 bridgehead atoms. The van der Waals surface area contributed by atoms with Gasteiger partial charge in [0.2, 0.25) is 5.91 Å². The van der Waals surface area contributed by atoms with Crippen molar-refractivity contribution in [2.45, 2.75) is 51.2 Å². The second-order valence-corrected chi connectivity index (χ2v) is 6.60. The van der Waals surface area contributed by atoms with Gasteiger partial charge in [-0.05, 0) is 39.2 Å². The Kier molecular flexibility index (Phi) is 5.59. The first kappa shape index (κ1) is 17.0. The van der Waals surface area contributed by atoms with E-state index in [2.05, 4.69) is 38.2 Å². The lowest BCUT2D eigenvalue weighted by atomic mass is 9.90. The maximum absolute atomic E-state index is 12.7. The van der Waals surface area contributed by atoms with Crippen LogP contribution in [0, 0.1) is 0 Å². The Hall–Kier alpha value is -1.39. The van der Waals surface area contributed by atoms with Gasteiger partial charge in [-0.25, -0.2) is 0 Å². The summed E-state index contributed by atoms with van der Waals surface area (Å²) < 4.78 is 5.43. The minimum absolute atomic E-state index is 0.142. The molecule has 1 heterocycles. The van der Waals surface area contributed by atoms with Crippen LogP contribution in [0.2, 0.25) is 0 Å². The molecule has 1 fully saturated rings. The van der Waals surface area contributed by atoms with Gasteiger partial charge in [0.15, 0.2) is 0 Å². The number of benzene rings is 1. The van der Waals surface area contributed by atoms with Crippen LogP contribution in [0.25, 0.3) is 0 Å². The lowest BCUT2D eigenvalue weighted by Gasteiger charge is -2.40. The maximum Gasteiger partial charge on any atom is 0.239 e. The number of amides is 1. The fourth-order valence-corrected chi connectivity index (χ4v) is 3.23. The van der Waals surface area contributed by atoms with Crippen LogP contribution in [-0.2, 0) is 15.1 Å². The van der Waals surface area contributed by atoms with E-state index in [0.717, 1.165) is 24.9 Å². The summed E-state index contributed by atoms with van der Waals surface area (Å²) in [5, 5.41) is 3.57. The average Bonchev–Trinajstić information content (AvgIpc) is 2.50. The average molecular weight is 304 g/mol. The number of carbonyl (C=O) groups excluding carboxylic acids is 1. The van der Waals surface area contributed by atoms with Crippen molar-refractivity contribution in [1.29, 1.82) is 0 Å². The van der Waals surface area contributed by atoms with E-state index in [1.165, 1.54) is 0 Å². The molecule has 0 radical (unpaired) electrons. The Bertz CT molecular complexity index is 489. The highest BCUT2D eigenvalue weighted by Gasteiger charge is 2.36. The van der Waals surface area contributed by atoms with Crippen LogP contribution in [0.4, 0.5) is 0 Å². The van der Waals surface area contributed by atoms with Crippen molar-refractivity contribution in [2.24, 2.45) is 0 Å². The van der Waals surface area contributed by atoms with Gasteiger partial charge in [0, 0.05) is 19.7 Å². The summed E-state index contributed by atoms with van der Waals surface area (Å²) >= 11 is 0. The van der Waals surface area contributed by atoms with Crippen LogP contribution < -0.4 is 5.32 Å². The largest absolute Gasteiger partial charge is 0.382 e. The van der Waals surface area contributed by atoms with Gasteiger partial charge in [-0.2, -0.15) is 0 Å². The Balaban J connectivity index is 2.19. The fourth-order valence-electron chi connectivity index (χ4n) is 3.23. The zero-order chi connectivity index (χ0) is 16.2. The number of ether oxygens (including phenoxy) is 1. The van der Waals surface area contributed by atoms with Crippen LogP contribution in [0.15, 0.2) is 30.3 Å². The monoisotopic (exact) mass is 304 g/mol. The van der Waals surface area contributed by atoms with Gasteiger partial charge in [-0.15, -0.1) is 0 Å². The summed E-state index contributed by atoms with van der Waals surface area (Å²) in [6, 6.07) is 10.3. The SMILES string of the molecule is COCC(C)(NC1CCCN(C(C)C)C1=O)c1ccccc1. The molecule has 22 heavy (non-hydrogen) atoms. The first-order chi connectivity index (χ1) is 10.5. The molecule has 4 heteroatoms. The molecule has 4 nitrogen and oxygen atoms in total. The molecule has 1 amide bonds. The molecule has 122 valence electrons.